The molecule has 21 heavy (non-hydrogen) atoms. The van der Waals surface area contributed by atoms with Crippen molar-refractivity contribution in [3.05, 3.63) is 59.1 Å². The number of carbonyl (C=O) groups excluding carboxylic acids is 1. The maximum atomic E-state index is 12.3. The van der Waals surface area contributed by atoms with Gasteiger partial charge in [-0.15, -0.1) is 0 Å². The number of methoxy groups -OCH3 is 1. The smallest absolute Gasteiger partial charge is 0.337 e. The molecule has 0 amide bonds. The molecule has 0 aliphatic rings. The fraction of sp³-hybridized carbons (Fsp3) is 0.0714. The molecule has 0 bridgehead atoms. The molecule has 0 saturated carbocycles. The summed E-state index contributed by atoms with van der Waals surface area (Å²) in [6.45, 7) is 0. The van der Waals surface area contributed by atoms with E-state index in [-0.39, 0.29) is 21.2 Å². The Labute approximate surface area is 127 Å². The predicted octanol–water partition coefficient (Wildman–Crippen LogP) is 2.93. The van der Waals surface area contributed by atoms with E-state index >= 15 is 0 Å². The van der Waals surface area contributed by atoms with Crippen LogP contribution in [0.15, 0.2) is 53.4 Å². The van der Waals surface area contributed by atoms with Crippen molar-refractivity contribution in [2.45, 2.75) is 4.90 Å². The second-order valence-corrected chi connectivity index (χ2v) is 6.17. The second kappa shape index (κ2) is 6.15. The van der Waals surface area contributed by atoms with Crippen molar-refractivity contribution in [3.8, 4) is 0 Å². The number of nitrogens with one attached hydrogen (secondary N) is 1. The van der Waals surface area contributed by atoms with Crippen LogP contribution in [0.25, 0.3) is 0 Å². The summed E-state index contributed by atoms with van der Waals surface area (Å²) < 4.78 is 31.5. The Morgan fingerprint density at radius 3 is 2.52 bits per heavy atom. The van der Waals surface area contributed by atoms with E-state index in [1.807, 2.05) is 0 Å². The lowest BCUT2D eigenvalue weighted by Gasteiger charge is -2.10. The molecule has 0 fully saturated rings. The SMILES string of the molecule is COC(=O)c1cccc(NS(=O)(=O)c2ccccc2Cl)c1. The van der Waals surface area contributed by atoms with Crippen molar-refractivity contribution < 1.29 is 17.9 Å². The number of ether oxygens (including phenoxy) is 1. The monoisotopic (exact) mass is 325 g/mol. The van der Waals surface area contributed by atoms with E-state index in [9.17, 15) is 13.2 Å². The standard InChI is InChI=1S/C14H12ClNO4S/c1-20-14(17)10-5-4-6-11(9-10)16-21(18,19)13-8-3-2-7-12(13)15/h2-9,16H,1H3. The molecule has 0 aliphatic heterocycles. The van der Waals surface area contributed by atoms with Crippen LogP contribution in [0.4, 0.5) is 5.69 Å². The summed E-state index contributed by atoms with van der Waals surface area (Å²) in [6.07, 6.45) is 0. The first kappa shape index (κ1) is 15.3. The van der Waals surface area contributed by atoms with E-state index in [1.54, 1.807) is 18.2 Å². The summed E-state index contributed by atoms with van der Waals surface area (Å²) >= 11 is 5.89. The van der Waals surface area contributed by atoms with Gasteiger partial charge in [0.2, 0.25) is 0 Å². The number of anilines is 1. The summed E-state index contributed by atoms with van der Waals surface area (Å²) in [4.78, 5) is 11.4. The molecule has 5 nitrogen and oxygen atoms in total. The van der Waals surface area contributed by atoms with E-state index in [0.29, 0.717) is 0 Å². The zero-order valence-electron chi connectivity index (χ0n) is 11.0. The van der Waals surface area contributed by atoms with E-state index in [2.05, 4.69) is 9.46 Å². The highest BCUT2D eigenvalue weighted by Gasteiger charge is 2.18. The fourth-order valence-electron chi connectivity index (χ4n) is 1.70. The third kappa shape index (κ3) is 3.53. The van der Waals surface area contributed by atoms with Crippen LogP contribution in [0.1, 0.15) is 10.4 Å². The van der Waals surface area contributed by atoms with Gasteiger partial charge in [-0.25, -0.2) is 13.2 Å². The molecular weight excluding hydrogens is 314 g/mol. The van der Waals surface area contributed by atoms with Gasteiger partial charge in [-0.05, 0) is 30.3 Å². The van der Waals surface area contributed by atoms with Crippen LogP contribution in [-0.2, 0) is 14.8 Å². The minimum Gasteiger partial charge on any atom is -0.465 e. The number of sulfonamides is 1. The summed E-state index contributed by atoms with van der Waals surface area (Å²) in [6, 6.07) is 12.1. The van der Waals surface area contributed by atoms with Crippen LogP contribution in [0.5, 0.6) is 0 Å². The minimum atomic E-state index is -3.83. The van der Waals surface area contributed by atoms with Crippen LogP contribution < -0.4 is 4.72 Å². The molecule has 0 spiro atoms. The quantitative estimate of drug-likeness (QED) is 0.877. The number of hydrogen-bond acceptors (Lipinski definition) is 4. The Balaban J connectivity index is 2.34. The molecule has 2 aromatic rings. The molecular formula is C14H12ClNO4S. The van der Waals surface area contributed by atoms with Crippen molar-refractivity contribution in [1.29, 1.82) is 0 Å². The summed E-state index contributed by atoms with van der Waals surface area (Å²) in [5.74, 6) is -0.547. The van der Waals surface area contributed by atoms with Gasteiger partial charge in [0.05, 0.1) is 17.7 Å². The number of rotatable bonds is 4. The summed E-state index contributed by atoms with van der Waals surface area (Å²) in [7, 11) is -2.57. The maximum absolute atomic E-state index is 12.3. The first-order valence-electron chi connectivity index (χ1n) is 5.90. The number of hydrogen-bond donors (Lipinski definition) is 1. The molecule has 0 atom stereocenters. The van der Waals surface area contributed by atoms with Gasteiger partial charge in [0.1, 0.15) is 4.90 Å². The Hall–Kier alpha value is -2.05. The lowest BCUT2D eigenvalue weighted by molar-refractivity contribution is 0.0601. The average molecular weight is 326 g/mol. The van der Waals surface area contributed by atoms with Gasteiger partial charge >= 0.3 is 5.97 Å². The highest BCUT2D eigenvalue weighted by Crippen LogP contribution is 2.23. The highest BCUT2D eigenvalue weighted by molar-refractivity contribution is 7.92. The largest absolute Gasteiger partial charge is 0.465 e. The van der Waals surface area contributed by atoms with Gasteiger partial charge in [0.25, 0.3) is 10.0 Å². The molecule has 1 N–H and O–H groups in total. The molecule has 0 saturated heterocycles. The summed E-state index contributed by atoms with van der Waals surface area (Å²) in [5, 5.41) is 0.120. The fourth-order valence-corrected chi connectivity index (χ4v) is 3.27. The third-order valence-corrected chi connectivity index (χ3v) is 4.54. The minimum absolute atomic E-state index is 0.0323. The molecule has 0 aromatic heterocycles. The topological polar surface area (TPSA) is 72.5 Å². The average Bonchev–Trinajstić information content (AvgIpc) is 2.46. The molecule has 0 radical (unpaired) electrons. The van der Waals surface area contributed by atoms with Gasteiger partial charge in [-0.3, -0.25) is 4.72 Å². The van der Waals surface area contributed by atoms with Crippen molar-refractivity contribution in [2.75, 3.05) is 11.8 Å². The lowest BCUT2D eigenvalue weighted by atomic mass is 10.2. The molecule has 2 rings (SSSR count). The lowest BCUT2D eigenvalue weighted by Crippen LogP contribution is -2.14. The Bertz CT molecular complexity index is 774. The number of esters is 1. The maximum Gasteiger partial charge on any atom is 0.337 e. The molecule has 0 unspecified atom stereocenters. The number of benzene rings is 2. The van der Waals surface area contributed by atoms with Crippen LogP contribution >= 0.6 is 11.6 Å². The third-order valence-electron chi connectivity index (χ3n) is 2.66. The van der Waals surface area contributed by atoms with Gasteiger partial charge in [-0.1, -0.05) is 29.8 Å². The Kier molecular flexibility index (Phi) is 4.50. The van der Waals surface area contributed by atoms with E-state index in [0.717, 1.165) is 0 Å². The first-order valence-corrected chi connectivity index (χ1v) is 7.76. The van der Waals surface area contributed by atoms with E-state index in [1.165, 1.54) is 37.4 Å². The van der Waals surface area contributed by atoms with Crippen molar-refractivity contribution in [1.82, 2.24) is 0 Å². The van der Waals surface area contributed by atoms with Crippen molar-refractivity contribution in [3.63, 3.8) is 0 Å². The predicted molar refractivity (Wildman–Crippen MR) is 80.0 cm³/mol. The Morgan fingerprint density at radius 2 is 1.86 bits per heavy atom. The molecule has 110 valence electrons. The van der Waals surface area contributed by atoms with Crippen LogP contribution in [0, 0.1) is 0 Å². The Morgan fingerprint density at radius 1 is 1.14 bits per heavy atom. The van der Waals surface area contributed by atoms with Gasteiger partial charge < -0.3 is 4.74 Å². The van der Waals surface area contributed by atoms with Gasteiger partial charge in [0.15, 0.2) is 0 Å². The van der Waals surface area contributed by atoms with Crippen LogP contribution in [0.3, 0.4) is 0 Å². The molecule has 0 aliphatic carbocycles. The first-order chi connectivity index (χ1) is 9.94. The van der Waals surface area contributed by atoms with Gasteiger partial charge in [-0.2, -0.15) is 0 Å². The van der Waals surface area contributed by atoms with Crippen molar-refractivity contribution in [2.24, 2.45) is 0 Å². The normalized spacial score (nSPS) is 11.0. The van der Waals surface area contributed by atoms with Crippen LogP contribution in [-0.4, -0.2) is 21.5 Å². The van der Waals surface area contributed by atoms with E-state index < -0.39 is 16.0 Å². The van der Waals surface area contributed by atoms with Crippen molar-refractivity contribution >= 4 is 33.3 Å². The van der Waals surface area contributed by atoms with Gasteiger partial charge in [0, 0.05) is 5.69 Å². The number of halogens is 1. The zero-order chi connectivity index (χ0) is 15.5. The number of carbonyl (C=O) groups is 1. The highest BCUT2D eigenvalue weighted by atomic mass is 35.5. The molecule has 7 heteroatoms. The van der Waals surface area contributed by atoms with E-state index in [4.69, 9.17) is 11.6 Å². The second-order valence-electron chi connectivity index (χ2n) is 4.11. The molecule has 0 heterocycles. The molecule has 2 aromatic carbocycles. The zero-order valence-corrected chi connectivity index (χ0v) is 12.6. The van der Waals surface area contributed by atoms with Crippen LogP contribution in [0.2, 0.25) is 5.02 Å². The summed E-state index contributed by atoms with van der Waals surface area (Å²) in [5.41, 5.74) is 0.495.